The van der Waals surface area contributed by atoms with Crippen molar-refractivity contribution in [2.75, 3.05) is 6.61 Å². The second-order valence-electron chi connectivity index (χ2n) is 4.86. The maximum atomic E-state index is 9.62. The molecule has 2 rings (SSSR count). The average molecular weight is 234 g/mol. The maximum absolute atomic E-state index is 9.62. The standard InChI is InChI=1S/C15H22O2/c16-15-11-5-4-7-13(15)8-6-12-17-14-9-2-1-3-10-14/h4-5,7,11,14,16H,1-3,6,8-10,12H2. The minimum absolute atomic E-state index is 0.408. The van der Waals surface area contributed by atoms with Crippen molar-refractivity contribution in [1.29, 1.82) is 0 Å². The number of aryl methyl sites for hydroxylation is 1. The van der Waals surface area contributed by atoms with Crippen LogP contribution in [0, 0.1) is 0 Å². The number of aromatic hydroxyl groups is 1. The molecule has 1 fully saturated rings. The molecular weight excluding hydrogens is 212 g/mol. The highest BCUT2D eigenvalue weighted by atomic mass is 16.5. The number of phenols is 1. The first-order chi connectivity index (χ1) is 8.36. The van der Waals surface area contributed by atoms with E-state index in [9.17, 15) is 5.11 Å². The van der Waals surface area contributed by atoms with Crippen LogP contribution in [0.2, 0.25) is 0 Å². The van der Waals surface area contributed by atoms with E-state index in [0.29, 0.717) is 11.9 Å². The summed E-state index contributed by atoms with van der Waals surface area (Å²) in [6.07, 6.45) is 8.88. The molecule has 2 heteroatoms. The topological polar surface area (TPSA) is 29.5 Å². The fourth-order valence-electron chi connectivity index (χ4n) is 2.47. The molecule has 0 aromatic heterocycles. The summed E-state index contributed by atoms with van der Waals surface area (Å²) in [5.74, 6) is 0.408. The fourth-order valence-corrected chi connectivity index (χ4v) is 2.47. The Bertz CT molecular complexity index is 329. The summed E-state index contributed by atoms with van der Waals surface area (Å²) in [5.41, 5.74) is 1.03. The lowest BCUT2D eigenvalue weighted by atomic mass is 9.98. The minimum Gasteiger partial charge on any atom is -0.508 e. The van der Waals surface area contributed by atoms with Gasteiger partial charge < -0.3 is 9.84 Å². The Morgan fingerprint density at radius 3 is 2.65 bits per heavy atom. The first-order valence-electron chi connectivity index (χ1n) is 6.75. The van der Waals surface area contributed by atoms with Crippen LogP contribution in [0.5, 0.6) is 5.75 Å². The van der Waals surface area contributed by atoms with Gasteiger partial charge in [-0.2, -0.15) is 0 Å². The van der Waals surface area contributed by atoms with Gasteiger partial charge >= 0.3 is 0 Å². The van der Waals surface area contributed by atoms with E-state index in [2.05, 4.69) is 0 Å². The van der Waals surface area contributed by atoms with Gasteiger partial charge in [0.05, 0.1) is 6.10 Å². The first kappa shape index (κ1) is 12.4. The molecule has 1 saturated carbocycles. The third kappa shape index (κ3) is 4.04. The van der Waals surface area contributed by atoms with Gasteiger partial charge in [0.1, 0.15) is 5.75 Å². The molecule has 0 unspecified atom stereocenters. The molecule has 1 aromatic rings. The largest absolute Gasteiger partial charge is 0.508 e. The van der Waals surface area contributed by atoms with E-state index < -0.39 is 0 Å². The molecule has 1 aromatic carbocycles. The van der Waals surface area contributed by atoms with Crippen LogP contribution in [-0.4, -0.2) is 17.8 Å². The van der Waals surface area contributed by atoms with Crippen molar-refractivity contribution in [3.05, 3.63) is 29.8 Å². The van der Waals surface area contributed by atoms with E-state index >= 15 is 0 Å². The van der Waals surface area contributed by atoms with Crippen LogP contribution in [0.3, 0.4) is 0 Å². The Morgan fingerprint density at radius 1 is 1.12 bits per heavy atom. The summed E-state index contributed by atoms with van der Waals surface area (Å²) in [6.45, 7) is 0.818. The summed E-state index contributed by atoms with van der Waals surface area (Å²) in [6, 6.07) is 7.56. The molecule has 0 saturated heterocycles. The van der Waals surface area contributed by atoms with Gasteiger partial charge in [-0.15, -0.1) is 0 Å². The van der Waals surface area contributed by atoms with Gasteiger partial charge in [-0.05, 0) is 37.3 Å². The van der Waals surface area contributed by atoms with Crippen LogP contribution in [0.15, 0.2) is 24.3 Å². The molecule has 0 aliphatic heterocycles. The second-order valence-corrected chi connectivity index (χ2v) is 4.86. The van der Waals surface area contributed by atoms with Crippen LogP contribution in [0.4, 0.5) is 0 Å². The number of para-hydroxylation sites is 1. The molecule has 1 aliphatic rings. The molecule has 1 N–H and O–H groups in total. The number of benzene rings is 1. The quantitative estimate of drug-likeness (QED) is 0.788. The Hall–Kier alpha value is -1.02. The molecule has 0 heterocycles. The van der Waals surface area contributed by atoms with Gasteiger partial charge in [0.2, 0.25) is 0 Å². The molecule has 0 amide bonds. The zero-order valence-electron chi connectivity index (χ0n) is 10.4. The van der Waals surface area contributed by atoms with Crippen LogP contribution >= 0.6 is 0 Å². The Balaban J connectivity index is 1.64. The highest BCUT2D eigenvalue weighted by Gasteiger charge is 2.13. The number of rotatable bonds is 5. The number of ether oxygens (including phenoxy) is 1. The van der Waals surface area contributed by atoms with Crippen molar-refractivity contribution in [1.82, 2.24) is 0 Å². The van der Waals surface area contributed by atoms with Gasteiger partial charge in [-0.3, -0.25) is 0 Å². The second kappa shape index (κ2) is 6.65. The van der Waals surface area contributed by atoms with Crippen molar-refractivity contribution in [2.45, 2.75) is 51.0 Å². The maximum Gasteiger partial charge on any atom is 0.118 e. The molecule has 1 aliphatic carbocycles. The van der Waals surface area contributed by atoms with Gasteiger partial charge in [0.15, 0.2) is 0 Å². The van der Waals surface area contributed by atoms with Crippen LogP contribution in [0.25, 0.3) is 0 Å². The van der Waals surface area contributed by atoms with E-state index in [4.69, 9.17) is 4.74 Å². The molecule has 0 bridgehead atoms. The lowest BCUT2D eigenvalue weighted by Gasteiger charge is -2.21. The molecular formula is C15H22O2. The highest BCUT2D eigenvalue weighted by molar-refractivity contribution is 5.31. The van der Waals surface area contributed by atoms with Gasteiger partial charge in [0, 0.05) is 6.61 Å². The van der Waals surface area contributed by atoms with E-state index in [-0.39, 0.29) is 0 Å². The Kier molecular flexibility index (Phi) is 4.87. The normalized spacial score (nSPS) is 17.2. The number of hydrogen-bond acceptors (Lipinski definition) is 2. The summed E-state index contributed by atoms with van der Waals surface area (Å²) < 4.78 is 5.86. The average Bonchev–Trinajstić information content (AvgIpc) is 2.38. The summed E-state index contributed by atoms with van der Waals surface area (Å²) in [5, 5.41) is 9.62. The summed E-state index contributed by atoms with van der Waals surface area (Å²) >= 11 is 0. The molecule has 2 nitrogen and oxygen atoms in total. The fraction of sp³-hybridized carbons (Fsp3) is 0.600. The molecule has 17 heavy (non-hydrogen) atoms. The summed E-state index contributed by atoms with van der Waals surface area (Å²) in [7, 11) is 0. The summed E-state index contributed by atoms with van der Waals surface area (Å²) in [4.78, 5) is 0. The van der Waals surface area contributed by atoms with Crippen molar-refractivity contribution in [3.8, 4) is 5.75 Å². The first-order valence-corrected chi connectivity index (χ1v) is 6.75. The van der Waals surface area contributed by atoms with E-state index in [0.717, 1.165) is 25.0 Å². The van der Waals surface area contributed by atoms with Crippen LogP contribution in [0.1, 0.15) is 44.1 Å². The SMILES string of the molecule is Oc1ccccc1CCCOC1CCCCC1. The van der Waals surface area contributed by atoms with E-state index in [1.54, 1.807) is 6.07 Å². The van der Waals surface area contributed by atoms with Crippen molar-refractivity contribution >= 4 is 0 Å². The van der Waals surface area contributed by atoms with Crippen molar-refractivity contribution in [2.24, 2.45) is 0 Å². The van der Waals surface area contributed by atoms with E-state index in [1.807, 2.05) is 18.2 Å². The molecule has 0 radical (unpaired) electrons. The lowest BCUT2D eigenvalue weighted by molar-refractivity contribution is 0.0272. The van der Waals surface area contributed by atoms with Crippen molar-refractivity contribution < 1.29 is 9.84 Å². The lowest BCUT2D eigenvalue weighted by Crippen LogP contribution is -2.17. The molecule has 94 valence electrons. The third-order valence-electron chi connectivity index (χ3n) is 3.49. The predicted octanol–water partition coefficient (Wildman–Crippen LogP) is 3.67. The zero-order chi connectivity index (χ0) is 11.9. The van der Waals surface area contributed by atoms with Crippen molar-refractivity contribution in [3.63, 3.8) is 0 Å². The smallest absolute Gasteiger partial charge is 0.118 e. The monoisotopic (exact) mass is 234 g/mol. The van der Waals surface area contributed by atoms with Crippen LogP contribution in [-0.2, 0) is 11.2 Å². The van der Waals surface area contributed by atoms with Gasteiger partial charge in [0.25, 0.3) is 0 Å². The zero-order valence-corrected chi connectivity index (χ0v) is 10.4. The Morgan fingerprint density at radius 2 is 1.88 bits per heavy atom. The highest BCUT2D eigenvalue weighted by Crippen LogP contribution is 2.21. The van der Waals surface area contributed by atoms with Gasteiger partial charge in [-0.25, -0.2) is 0 Å². The van der Waals surface area contributed by atoms with Crippen LogP contribution < -0.4 is 0 Å². The Labute approximate surface area is 104 Å². The minimum atomic E-state index is 0.408. The number of phenolic OH excluding ortho intramolecular Hbond substituents is 1. The predicted molar refractivity (Wildman–Crippen MR) is 69.3 cm³/mol. The van der Waals surface area contributed by atoms with Gasteiger partial charge in [-0.1, -0.05) is 37.5 Å². The molecule has 0 atom stereocenters. The number of hydrogen-bond donors (Lipinski definition) is 1. The third-order valence-corrected chi connectivity index (χ3v) is 3.49. The molecule has 0 spiro atoms. The van der Waals surface area contributed by atoms with E-state index in [1.165, 1.54) is 32.1 Å².